The molecule has 0 aromatic carbocycles. The van der Waals surface area contributed by atoms with Crippen LogP contribution in [-0.4, -0.2) is 30.9 Å². The van der Waals surface area contributed by atoms with Crippen LogP contribution in [0.1, 0.15) is 60.8 Å². The fourth-order valence-electron chi connectivity index (χ4n) is 1.92. The zero-order valence-corrected chi connectivity index (χ0v) is 13.6. The second-order valence-electron chi connectivity index (χ2n) is 6.11. The summed E-state index contributed by atoms with van der Waals surface area (Å²) in [4.78, 5) is 12.1. The molecule has 0 spiro atoms. The normalized spacial score (nSPS) is 21.1. The summed E-state index contributed by atoms with van der Waals surface area (Å²) in [5, 5.41) is 0. The first-order chi connectivity index (χ1) is 9.25. The largest absolute Gasteiger partial charge is 0.502 e. The van der Waals surface area contributed by atoms with E-state index in [4.69, 9.17) is 14.0 Å². The molecular weight excluding hydrogens is 255 g/mol. The van der Waals surface area contributed by atoms with E-state index < -0.39 is 18.3 Å². The minimum absolute atomic E-state index is 0.345. The molecule has 1 fully saturated rings. The van der Waals surface area contributed by atoms with Crippen LogP contribution in [0.15, 0.2) is 11.5 Å². The van der Waals surface area contributed by atoms with E-state index in [1.165, 1.54) is 0 Å². The molecule has 0 bridgehead atoms. The molecule has 20 heavy (non-hydrogen) atoms. The van der Waals surface area contributed by atoms with Gasteiger partial charge in [0.05, 0.1) is 23.3 Å². The van der Waals surface area contributed by atoms with Gasteiger partial charge >= 0.3 is 13.1 Å². The van der Waals surface area contributed by atoms with Crippen LogP contribution in [0.4, 0.5) is 0 Å². The van der Waals surface area contributed by atoms with Crippen LogP contribution >= 0.6 is 0 Å². The predicted octanol–water partition coefficient (Wildman–Crippen LogP) is 3.30. The minimum atomic E-state index is -0.643. The molecule has 0 unspecified atom stereocenters. The molecule has 1 heterocycles. The zero-order chi connectivity index (χ0) is 15.4. The summed E-state index contributed by atoms with van der Waals surface area (Å²) in [5.74, 6) is -0.345. The first kappa shape index (κ1) is 17.2. The summed E-state index contributed by atoms with van der Waals surface area (Å²) in [5.41, 5.74) is -0.416. The van der Waals surface area contributed by atoms with Gasteiger partial charge in [-0.25, -0.2) is 4.79 Å². The molecular formula is C15H27BO4. The molecule has 0 atom stereocenters. The molecule has 0 aromatic heterocycles. The van der Waals surface area contributed by atoms with Crippen LogP contribution in [0.2, 0.25) is 0 Å². The lowest BCUT2D eigenvalue weighted by molar-refractivity contribution is -0.138. The standard InChI is InChI=1S/C15H27BO4/c1-7-9-10-11-12(13(17)18-8-2)16-19-14(3,4)15(5,6)20-16/h11H,7-10H2,1-6H3/b12-11+. The Balaban J connectivity index is 2.90. The first-order valence-corrected chi connectivity index (χ1v) is 7.48. The molecule has 0 aliphatic carbocycles. The van der Waals surface area contributed by atoms with Gasteiger partial charge in [0.25, 0.3) is 0 Å². The van der Waals surface area contributed by atoms with Crippen molar-refractivity contribution in [2.45, 2.75) is 72.0 Å². The highest BCUT2D eigenvalue weighted by Crippen LogP contribution is 2.38. The molecule has 1 saturated heterocycles. The molecule has 0 amide bonds. The highest BCUT2D eigenvalue weighted by atomic mass is 16.7. The van der Waals surface area contributed by atoms with Gasteiger partial charge in [0.1, 0.15) is 0 Å². The molecule has 1 rings (SSSR count). The van der Waals surface area contributed by atoms with Crippen LogP contribution in [0, 0.1) is 0 Å². The summed E-state index contributed by atoms with van der Waals surface area (Å²) in [6.07, 6.45) is 4.83. The maximum Gasteiger partial charge on any atom is 0.502 e. The fourth-order valence-corrected chi connectivity index (χ4v) is 1.92. The minimum Gasteiger partial charge on any atom is -0.463 e. The van der Waals surface area contributed by atoms with Gasteiger partial charge in [-0.15, -0.1) is 0 Å². The maximum atomic E-state index is 12.1. The van der Waals surface area contributed by atoms with E-state index in [9.17, 15) is 4.79 Å². The molecule has 114 valence electrons. The number of ether oxygens (including phenoxy) is 1. The van der Waals surface area contributed by atoms with Crippen LogP contribution in [0.25, 0.3) is 0 Å². The smallest absolute Gasteiger partial charge is 0.463 e. The van der Waals surface area contributed by atoms with E-state index in [2.05, 4.69) is 6.92 Å². The summed E-state index contributed by atoms with van der Waals surface area (Å²) < 4.78 is 17.0. The predicted molar refractivity (Wildman–Crippen MR) is 80.3 cm³/mol. The molecule has 0 N–H and O–H groups in total. The second-order valence-corrected chi connectivity index (χ2v) is 6.11. The lowest BCUT2D eigenvalue weighted by Gasteiger charge is -2.32. The molecule has 1 aliphatic heterocycles. The average molecular weight is 282 g/mol. The Morgan fingerprint density at radius 3 is 2.15 bits per heavy atom. The van der Waals surface area contributed by atoms with Gasteiger partial charge in [0, 0.05) is 0 Å². The first-order valence-electron chi connectivity index (χ1n) is 7.48. The number of hydrogen-bond acceptors (Lipinski definition) is 4. The van der Waals surface area contributed by atoms with E-state index in [0.717, 1.165) is 19.3 Å². The third-order valence-corrected chi connectivity index (χ3v) is 3.94. The number of rotatable bonds is 6. The van der Waals surface area contributed by atoms with Gasteiger partial charge in [-0.05, 0) is 41.0 Å². The monoisotopic (exact) mass is 282 g/mol. The third-order valence-electron chi connectivity index (χ3n) is 3.94. The number of unbranched alkanes of at least 4 members (excludes halogenated alkanes) is 2. The van der Waals surface area contributed by atoms with Crippen LogP contribution in [0.5, 0.6) is 0 Å². The zero-order valence-electron chi connectivity index (χ0n) is 13.6. The van der Waals surface area contributed by atoms with Crippen molar-refractivity contribution in [3.05, 3.63) is 11.5 Å². The van der Waals surface area contributed by atoms with E-state index >= 15 is 0 Å². The molecule has 5 heteroatoms. The van der Waals surface area contributed by atoms with Crippen molar-refractivity contribution in [3.8, 4) is 0 Å². The van der Waals surface area contributed by atoms with Gasteiger partial charge in [0.15, 0.2) is 0 Å². The third kappa shape index (κ3) is 3.86. The van der Waals surface area contributed by atoms with Crippen LogP contribution in [0.3, 0.4) is 0 Å². The Morgan fingerprint density at radius 2 is 1.70 bits per heavy atom. The van der Waals surface area contributed by atoms with E-state index in [1.807, 2.05) is 33.8 Å². The SMILES string of the molecule is CCCC/C=C(/B1OC(C)(C)C(C)(C)O1)C(=O)OCC. The summed E-state index contributed by atoms with van der Waals surface area (Å²) in [6, 6.07) is 0. The second kappa shape index (κ2) is 6.77. The van der Waals surface area contributed by atoms with Crippen molar-refractivity contribution < 1.29 is 18.8 Å². The van der Waals surface area contributed by atoms with E-state index in [1.54, 1.807) is 6.92 Å². The van der Waals surface area contributed by atoms with Gasteiger partial charge in [0.2, 0.25) is 0 Å². The quantitative estimate of drug-likeness (QED) is 0.324. The topological polar surface area (TPSA) is 44.8 Å². The molecule has 0 aromatic rings. The van der Waals surface area contributed by atoms with E-state index in [-0.39, 0.29) is 5.97 Å². The Hall–Kier alpha value is -0.805. The lowest BCUT2D eigenvalue weighted by atomic mass is 9.77. The summed E-state index contributed by atoms with van der Waals surface area (Å²) in [7, 11) is -0.643. The molecule has 0 saturated carbocycles. The number of carbonyl (C=O) groups is 1. The van der Waals surface area contributed by atoms with Gasteiger partial charge in [-0.1, -0.05) is 25.8 Å². The van der Waals surface area contributed by atoms with Crippen molar-refractivity contribution >= 4 is 13.1 Å². The lowest BCUT2D eigenvalue weighted by Crippen LogP contribution is -2.41. The van der Waals surface area contributed by atoms with Crippen molar-refractivity contribution in [1.82, 2.24) is 0 Å². The van der Waals surface area contributed by atoms with Gasteiger partial charge < -0.3 is 14.0 Å². The average Bonchev–Trinajstić information content (AvgIpc) is 2.54. The molecule has 0 radical (unpaired) electrons. The molecule has 4 nitrogen and oxygen atoms in total. The van der Waals surface area contributed by atoms with Crippen molar-refractivity contribution in [3.63, 3.8) is 0 Å². The highest BCUT2D eigenvalue weighted by molar-refractivity contribution is 6.61. The Kier molecular flexibility index (Phi) is 5.84. The van der Waals surface area contributed by atoms with Crippen molar-refractivity contribution in [2.75, 3.05) is 6.61 Å². The summed E-state index contributed by atoms with van der Waals surface area (Å²) >= 11 is 0. The van der Waals surface area contributed by atoms with Gasteiger partial charge in [-0.3, -0.25) is 0 Å². The summed E-state index contributed by atoms with van der Waals surface area (Å²) in [6.45, 7) is 12.2. The van der Waals surface area contributed by atoms with Crippen molar-refractivity contribution in [2.24, 2.45) is 0 Å². The Labute approximate surface area is 123 Å². The Morgan fingerprint density at radius 1 is 1.15 bits per heavy atom. The number of carbonyl (C=O) groups excluding carboxylic acids is 1. The molecule has 1 aliphatic rings. The van der Waals surface area contributed by atoms with Crippen LogP contribution in [-0.2, 0) is 18.8 Å². The van der Waals surface area contributed by atoms with Crippen molar-refractivity contribution in [1.29, 1.82) is 0 Å². The van der Waals surface area contributed by atoms with E-state index in [0.29, 0.717) is 12.1 Å². The number of esters is 1. The number of hydrogen-bond donors (Lipinski definition) is 0. The fraction of sp³-hybridized carbons (Fsp3) is 0.800. The Bertz CT molecular complexity index is 358. The number of allylic oxidation sites excluding steroid dienone is 1. The highest BCUT2D eigenvalue weighted by Gasteiger charge is 2.53. The maximum absolute atomic E-state index is 12.1. The van der Waals surface area contributed by atoms with Crippen LogP contribution < -0.4 is 0 Å². The van der Waals surface area contributed by atoms with Gasteiger partial charge in [-0.2, -0.15) is 0 Å².